The van der Waals surface area contributed by atoms with Gasteiger partial charge in [0.05, 0.1) is 25.2 Å². The highest BCUT2D eigenvalue weighted by Gasteiger charge is 2.12. The SMILES string of the molecule is COc1ccccc1C(C)N=C(C)c1ncn(C)c1C. The number of aliphatic imine (C=N–C) groups is 1. The number of benzene rings is 1. The largest absolute Gasteiger partial charge is 0.496 e. The highest BCUT2D eigenvalue weighted by molar-refractivity contribution is 5.98. The Hall–Kier alpha value is -2.10. The van der Waals surface area contributed by atoms with Crippen molar-refractivity contribution in [3.05, 3.63) is 47.5 Å². The number of aryl methyl sites for hydroxylation is 1. The van der Waals surface area contributed by atoms with Gasteiger partial charge >= 0.3 is 0 Å². The molecule has 0 radical (unpaired) electrons. The standard InChI is InChI=1S/C16H21N3O/c1-11(14-8-6-7-9-15(14)20-5)18-12(2)16-13(3)19(4)10-17-16/h6-11H,1-5H3. The van der Waals surface area contributed by atoms with Crippen LogP contribution in [0.25, 0.3) is 0 Å². The molecule has 20 heavy (non-hydrogen) atoms. The first-order valence-corrected chi connectivity index (χ1v) is 6.70. The summed E-state index contributed by atoms with van der Waals surface area (Å²) >= 11 is 0. The summed E-state index contributed by atoms with van der Waals surface area (Å²) < 4.78 is 7.39. The van der Waals surface area contributed by atoms with E-state index in [4.69, 9.17) is 9.73 Å². The lowest BCUT2D eigenvalue weighted by Crippen LogP contribution is -2.03. The van der Waals surface area contributed by atoms with Gasteiger partial charge in [-0.1, -0.05) is 18.2 Å². The molecule has 0 bridgehead atoms. The second-order valence-corrected chi connectivity index (χ2v) is 4.92. The van der Waals surface area contributed by atoms with Crippen LogP contribution in [0.5, 0.6) is 5.75 Å². The summed E-state index contributed by atoms with van der Waals surface area (Å²) in [4.78, 5) is 9.17. The fourth-order valence-corrected chi connectivity index (χ4v) is 2.28. The molecule has 0 aliphatic carbocycles. The van der Waals surface area contributed by atoms with E-state index < -0.39 is 0 Å². The van der Waals surface area contributed by atoms with Gasteiger partial charge < -0.3 is 9.30 Å². The summed E-state index contributed by atoms with van der Waals surface area (Å²) in [5.74, 6) is 0.870. The van der Waals surface area contributed by atoms with Gasteiger partial charge in [0, 0.05) is 18.3 Å². The van der Waals surface area contributed by atoms with E-state index in [1.165, 1.54) is 0 Å². The number of nitrogens with zero attached hydrogens (tertiary/aromatic N) is 3. The molecule has 1 aromatic heterocycles. The zero-order valence-corrected chi connectivity index (χ0v) is 12.7. The first kappa shape index (κ1) is 14.3. The van der Waals surface area contributed by atoms with Gasteiger partial charge in [-0.25, -0.2) is 4.98 Å². The number of rotatable bonds is 4. The van der Waals surface area contributed by atoms with E-state index in [1.54, 1.807) is 7.11 Å². The number of para-hydroxylation sites is 1. The molecule has 2 rings (SSSR count). The molecule has 0 aliphatic rings. The van der Waals surface area contributed by atoms with E-state index in [2.05, 4.69) is 18.8 Å². The molecule has 1 atom stereocenters. The third kappa shape index (κ3) is 2.74. The molecule has 0 saturated heterocycles. The minimum Gasteiger partial charge on any atom is -0.496 e. The summed E-state index contributed by atoms with van der Waals surface area (Å²) in [7, 11) is 3.67. The third-order valence-electron chi connectivity index (χ3n) is 3.55. The number of hydrogen-bond acceptors (Lipinski definition) is 3. The Morgan fingerprint density at radius 2 is 2.05 bits per heavy atom. The van der Waals surface area contributed by atoms with Crippen molar-refractivity contribution in [2.24, 2.45) is 12.0 Å². The summed E-state index contributed by atoms with van der Waals surface area (Å²) in [6.45, 7) is 6.12. The van der Waals surface area contributed by atoms with Crippen LogP contribution in [0.2, 0.25) is 0 Å². The lowest BCUT2D eigenvalue weighted by atomic mass is 10.1. The van der Waals surface area contributed by atoms with Crippen LogP contribution in [-0.2, 0) is 7.05 Å². The molecule has 0 spiro atoms. The highest BCUT2D eigenvalue weighted by atomic mass is 16.5. The van der Waals surface area contributed by atoms with E-state index in [0.29, 0.717) is 0 Å². The van der Waals surface area contributed by atoms with Crippen LogP contribution in [0, 0.1) is 6.92 Å². The summed E-state index contributed by atoms with van der Waals surface area (Å²) in [5.41, 5.74) is 4.11. The van der Waals surface area contributed by atoms with E-state index in [0.717, 1.165) is 28.4 Å². The van der Waals surface area contributed by atoms with Gasteiger partial charge in [0.15, 0.2) is 0 Å². The van der Waals surface area contributed by atoms with Crippen molar-refractivity contribution in [3.63, 3.8) is 0 Å². The van der Waals surface area contributed by atoms with Crippen molar-refractivity contribution < 1.29 is 4.74 Å². The molecule has 1 heterocycles. The van der Waals surface area contributed by atoms with Gasteiger partial charge in [-0.15, -0.1) is 0 Å². The van der Waals surface area contributed by atoms with Gasteiger partial charge in [0.25, 0.3) is 0 Å². The first-order valence-electron chi connectivity index (χ1n) is 6.70. The van der Waals surface area contributed by atoms with Gasteiger partial charge in [-0.05, 0) is 26.8 Å². The molecule has 0 fully saturated rings. The Morgan fingerprint density at radius 3 is 2.65 bits per heavy atom. The maximum Gasteiger partial charge on any atom is 0.124 e. The van der Waals surface area contributed by atoms with E-state index in [-0.39, 0.29) is 6.04 Å². The number of ether oxygens (including phenoxy) is 1. The van der Waals surface area contributed by atoms with Crippen LogP contribution in [0.3, 0.4) is 0 Å². The smallest absolute Gasteiger partial charge is 0.124 e. The molecule has 0 saturated carbocycles. The first-order chi connectivity index (χ1) is 9.54. The Morgan fingerprint density at radius 1 is 1.35 bits per heavy atom. The molecule has 4 nitrogen and oxygen atoms in total. The normalized spacial score (nSPS) is 13.3. The van der Waals surface area contributed by atoms with E-state index in [1.807, 2.05) is 49.1 Å². The van der Waals surface area contributed by atoms with Gasteiger partial charge in [-0.2, -0.15) is 0 Å². The van der Waals surface area contributed by atoms with Crippen LogP contribution in [0.1, 0.15) is 36.8 Å². The minimum absolute atomic E-state index is 0.0348. The fourth-order valence-electron chi connectivity index (χ4n) is 2.28. The quantitative estimate of drug-likeness (QED) is 0.800. The van der Waals surface area contributed by atoms with Gasteiger partial charge in [-0.3, -0.25) is 4.99 Å². The van der Waals surface area contributed by atoms with Crippen LogP contribution in [0.4, 0.5) is 0 Å². The molecule has 0 amide bonds. The Kier molecular flexibility index (Phi) is 4.23. The summed E-state index contributed by atoms with van der Waals surface area (Å²) in [6.07, 6.45) is 1.82. The van der Waals surface area contributed by atoms with Crippen LogP contribution in [0.15, 0.2) is 35.6 Å². The Balaban J connectivity index is 2.32. The van der Waals surface area contributed by atoms with Crippen molar-refractivity contribution in [3.8, 4) is 5.75 Å². The second kappa shape index (κ2) is 5.90. The fraction of sp³-hybridized carbons (Fsp3) is 0.375. The lowest BCUT2D eigenvalue weighted by Gasteiger charge is -2.13. The van der Waals surface area contributed by atoms with Crippen molar-refractivity contribution in [2.75, 3.05) is 7.11 Å². The Labute approximate surface area is 120 Å². The molecule has 4 heteroatoms. The van der Waals surface area contributed by atoms with Crippen molar-refractivity contribution in [2.45, 2.75) is 26.8 Å². The average Bonchev–Trinajstić information content (AvgIpc) is 2.79. The zero-order chi connectivity index (χ0) is 14.7. The third-order valence-corrected chi connectivity index (χ3v) is 3.55. The van der Waals surface area contributed by atoms with Crippen molar-refractivity contribution >= 4 is 5.71 Å². The number of hydrogen-bond donors (Lipinski definition) is 0. The topological polar surface area (TPSA) is 39.4 Å². The molecule has 1 unspecified atom stereocenters. The van der Waals surface area contributed by atoms with Crippen LogP contribution < -0.4 is 4.74 Å². The molecule has 106 valence electrons. The van der Waals surface area contributed by atoms with E-state index in [9.17, 15) is 0 Å². The molecule has 0 N–H and O–H groups in total. The molecular formula is C16H21N3O. The number of methoxy groups -OCH3 is 1. The predicted molar refractivity (Wildman–Crippen MR) is 81.6 cm³/mol. The summed E-state index contributed by atoms with van der Waals surface area (Å²) in [6, 6.07) is 8.01. The number of imidazole rings is 1. The second-order valence-electron chi connectivity index (χ2n) is 4.92. The van der Waals surface area contributed by atoms with Crippen molar-refractivity contribution in [1.29, 1.82) is 0 Å². The zero-order valence-electron chi connectivity index (χ0n) is 12.7. The maximum absolute atomic E-state index is 5.39. The highest BCUT2D eigenvalue weighted by Crippen LogP contribution is 2.27. The van der Waals surface area contributed by atoms with Gasteiger partial charge in [0.1, 0.15) is 11.4 Å². The summed E-state index contributed by atoms with van der Waals surface area (Å²) in [5, 5.41) is 0. The monoisotopic (exact) mass is 271 g/mol. The average molecular weight is 271 g/mol. The minimum atomic E-state index is 0.0348. The lowest BCUT2D eigenvalue weighted by molar-refractivity contribution is 0.407. The maximum atomic E-state index is 5.39. The van der Waals surface area contributed by atoms with Gasteiger partial charge in [0.2, 0.25) is 0 Å². The molecular weight excluding hydrogens is 250 g/mol. The Bertz CT molecular complexity index is 628. The van der Waals surface area contributed by atoms with Crippen LogP contribution in [-0.4, -0.2) is 22.4 Å². The predicted octanol–water partition coefficient (Wildman–Crippen LogP) is 3.31. The van der Waals surface area contributed by atoms with Crippen molar-refractivity contribution in [1.82, 2.24) is 9.55 Å². The number of aromatic nitrogens is 2. The van der Waals surface area contributed by atoms with Crippen LogP contribution >= 0.6 is 0 Å². The van der Waals surface area contributed by atoms with E-state index >= 15 is 0 Å². The molecule has 2 aromatic rings. The molecule has 1 aromatic carbocycles. The molecule has 0 aliphatic heterocycles.